The molecule has 0 bridgehead atoms. The Morgan fingerprint density at radius 3 is 2.80 bits per heavy atom. The zero-order chi connectivity index (χ0) is 20.9. The Labute approximate surface area is 182 Å². The first kappa shape index (κ1) is 20.9. The molecule has 1 heterocycles. The number of nitrogens with one attached hydrogen (secondary N) is 1. The molecule has 4 nitrogen and oxygen atoms in total. The molecule has 1 aliphatic heterocycles. The van der Waals surface area contributed by atoms with E-state index in [4.69, 9.17) is 16.3 Å². The van der Waals surface area contributed by atoms with Gasteiger partial charge >= 0.3 is 0 Å². The second kappa shape index (κ2) is 9.61. The maximum atomic E-state index is 12.3. The highest BCUT2D eigenvalue weighted by molar-refractivity contribution is 6.30. The molecule has 30 heavy (non-hydrogen) atoms. The van der Waals surface area contributed by atoms with Gasteiger partial charge in [0.25, 0.3) is 0 Å². The quantitative estimate of drug-likeness (QED) is 0.604. The van der Waals surface area contributed by atoms with Gasteiger partial charge in [0.05, 0.1) is 6.10 Å². The number of amides is 1. The third-order valence-electron chi connectivity index (χ3n) is 5.72. The van der Waals surface area contributed by atoms with Gasteiger partial charge in [-0.2, -0.15) is 0 Å². The number of ether oxygens (including phenoxy) is 1. The van der Waals surface area contributed by atoms with Gasteiger partial charge in [-0.15, -0.1) is 0 Å². The summed E-state index contributed by atoms with van der Waals surface area (Å²) >= 11 is 6.07. The molecule has 5 heteroatoms. The molecule has 1 aliphatic rings. The second-order valence-electron chi connectivity index (χ2n) is 7.85. The molecular formula is C25H27ClN2O2. The molecule has 4 rings (SSSR count). The lowest BCUT2D eigenvalue weighted by Crippen LogP contribution is -2.50. The van der Waals surface area contributed by atoms with Crippen LogP contribution < -0.4 is 5.32 Å². The molecule has 2 atom stereocenters. The van der Waals surface area contributed by atoms with E-state index in [0.29, 0.717) is 19.6 Å². The number of halogens is 1. The number of nitrogens with zero attached hydrogens (tertiary/aromatic N) is 1. The van der Waals surface area contributed by atoms with Crippen molar-refractivity contribution in [3.05, 3.63) is 82.9 Å². The predicted octanol–water partition coefficient (Wildman–Crippen LogP) is 4.61. The van der Waals surface area contributed by atoms with E-state index >= 15 is 0 Å². The first-order chi connectivity index (χ1) is 14.6. The van der Waals surface area contributed by atoms with Gasteiger partial charge in [-0.25, -0.2) is 0 Å². The molecule has 1 amide bonds. The second-order valence-corrected chi connectivity index (χ2v) is 8.29. The Morgan fingerprint density at radius 2 is 1.93 bits per heavy atom. The van der Waals surface area contributed by atoms with Crippen molar-refractivity contribution in [3.8, 4) is 0 Å². The maximum Gasteiger partial charge on any atom is 0.248 e. The minimum atomic E-state index is -0.0144. The lowest BCUT2D eigenvalue weighted by molar-refractivity contribution is -0.148. The van der Waals surface area contributed by atoms with E-state index in [9.17, 15) is 4.79 Å². The zero-order valence-corrected chi connectivity index (χ0v) is 17.9. The maximum absolute atomic E-state index is 12.3. The molecule has 0 aliphatic carbocycles. The SMILES string of the molecule is CC(NCC1CN(CCc2cccc(Cl)c2)C(=O)CO1)c1cccc2ccccc12. The minimum absolute atomic E-state index is 0.0144. The minimum Gasteiger partial charge on any atom is -0.365 e. The van der Waals surface area contributed by atoms with E-state index < -0.39 is 0 Å². The normalized spacial score (nSPS) is 18.0. The Kier molecular flexibility index (Phi) is 6.68. The summed E-state index contributed by atoms with van der Waals surface area (Å²) in [6.07, 6.45) is 0.776. The highest BCUT2D eigenvalue weighted by Crippen LogP contribution is 2.24. The van der Waals surface area contributed by atoms with Crippen LogP contribution in [0.15, 0.2) is 66.7 Å². The van der Waals surface area contributed by atoms with Gasteiger partial charge in [0.15, 0.2) is 0 Å². The molecule has 0 saturated carbocycles. The summed E-state index contributed by atoms with van der Waals surface area (Å²) in [5.41, 5.74) is 2.42. The molecule has 3 aromatic rings. The van der Waals surface area contributed by atoms with E-state index in [0.717, 1.165) is 17.0 Å². The first-order valence-electron chi connectivity index (χ1n) is 10.4. The average molecular weight is 423 g/mol. The lowest BCUT2D eigenvalue weighted by Gasteiger charge is -2.33. The largest absolute Gasteiger partial charge is 0.365 e. The van der Waals surface area contributed by atoms with Crippen LogP contribution in [0.2, 0.25) is 5.02 Å². The van der Waals surface area contributed by atoms with E-state index in [1.54, 1.807) is 0 Å². The van der Waals surface area contributed by atoms with Crippen molar-refractivity contribution in [1.82, 2.24) is 10.2 Å². The Hall–Kier alpha value is -2.40. The number of hydrogen-bond acceptors (Lipinski definition) is 3. The van der Waals surface area contributed by atoms with E-state index in [-0.39, 0.29) is 24.7 Å². The van der Waals surface area contributed by atoms with Gasteiger partial charge in [0.2, 0.25) is 5.91 Å². The van der Waals surface area contributed by atoms with Gasteiger partial charge in [0, 0.05) is 30.7 Å². The van der Waals surface area contributed by atoms with Crippen LogP contribution in [0.25, 0.3) is 10.8 Å². The fourth-order valence-corrected chi connectivity index (χ4v) is 4.24. The van der Waals surface area contributed by atoms with Crippen molar-refractivity contribution in [3.63, 3.8) is 0 Å². The van der Waals surface area contributed by atoms with E-state index in [1.807, 2.05) is 29.2 Å². The van der Waals surface area contributed by atoms with Crippen LogP contribution in [0.4, 0.5) is 0 Å². The highest BCUT2D eigenvalue weighted by atomic mass is 35.5. The van der Waals surface area contributed by atoms with Gasteiger partial charge in [-0.3, -0.25) is 4.79 Å². The van der Waals surface area contributed by atoms with Crippen molar-refractivity contribution in [1.29, 1.82) is 0 Å². The Morgan fingerprint density at radius 1 is 1.13 bits per heavy atom. The summed E-state index contributed by atoms with van der Waals surface area (Å²) in [6, 6.07) is 22.8. The first-order valence-corrected chi connectivity index (χ1v) is 10.8. The summed E-state index contributed by atoms with van der Waals surface area (Å²) in [5, 5.41) is 6.84. The topological polar surface area (TPSA) is 41.6 Å². The number of benzene rings is 3. The van der Waals surface area contributed by atoms with E-state index in [1.165, 1.54) is 16.3 Å². The predicted molar refractivity (Wildman–Crippen MR) is 122 cm³/mol. The summed E-state index contributed by atoms with van der Waals surface area (Å²) < 4.78 is 5.79. The number of carbonyl (C=O) groups is 1. The van der Waals surface area contributed by atoms with Crippen LogP contribution in [0.3, 0.4) is 0 Å². The zero-order valence-electron chi connectivity index (χ0n) is 17.2. The average Bonchev–Trinajstić information content (AvgIpc) is 2.77. The van der Waals surface area contributed by atoms with Crippen LogP contribution in [-0.4, -0.2) is 43.2 Å². The van der Waals surface area contributed by atoms with Crippen molar-refractivity contribution >= 4 is 28.3 Å². The molecule has 0 aromatic heterocycles. The standard InChI is InChI=1S/C25H27ClN2O2/c1-18(23-11-5-8-20-7-2-3-10-24(20)23)27-15-22-16-28(25(29)17-30-22)13-12-19-6-4-9-21(26)14-19/h2-11,14,18,22,27H,12-13,15-17H2,1H3. The van der Waals surface area contributed by atoms with Crippen LogP contribution >= 0.6 is 11.6 Å². The van der Waals surface area contributed by atoms with Crippen LogP contribution in [0, 0.1) is 0 Å². The summed E-state index contributed by atoms with van der Waals surface area (Å²) in [5.74, 6) is 0.0513. The Bertz CT molecular complexity index is 1020. The van der Waals surface area contributed by atoms with Crippen molar-refractivity contribution < 1.29 is 9.53 Å². The number of rotatable bonds is 7. The third kappa shape index (κ3) is 5.01. The number of hydrogen-bond donors (Lipinski definition) is 1. The van der Waals surface area contributed by atoms with Crippen LogP contribution in [0.5, 0.6) is 0 Å². The van der Waals surface area contributed by atoms with E-state index in [2.05, 4.69) is 54.7 Å². The molecule has 1 fully saturated rings. The fraction of sp³-hybridized carbons (Fsp3) is 0.320. The molecular weight excluding hydrogens is 396 g/mol. The smallest absolute Gasteiger partial charge is 0.248 e. The number of carbonyl (C=O) groups excluding carboxylic acids is 1. The lowest BCUT2D eigenvalue weighted by atomic mass is 9.99. The summed E-state index contributed by atoms with van der Waals surface area (Å²) in [4.78, 5) is 14.2. The van der Waals surface area contributed by atoms with Gasteiger partial charge < -0.3 is 15.0 Å². The third-order valence-corrected chi connectivity index (χ3v) is 5.96. The number of morpholine rings is 1. The van der Waals surface area contributed by atoms with Crippen molar-refractivity contribution in [2.45, 2.75) is 25.5 Å². The summed E-state index contributed by atoms with van der Waals surface area (Å²) in [7, 11) is 0. The van der Waals surface area contributed by atoms with Crippen molar-refractivity contribution in [2.24, 2.45) is 0 Å². The molecule has 156 valence electrons. The number of fused-ring (bicyclic) bond motifs is 1. The molecule has 3 aromatic carbocycles. The van der Waals surface area contributed by atoms with Crippen LogP contribution in [0.1, 0.15) is 24.1 Å². The van der Waals surface area contributed by atoms with Gasteiger partial charge in [-0.05, 0) is 47.4 Å². The monoisotopic (exact) mass is 422 g/mol. The van der Waals surface area contributed by atoms with Crippen molar-refractivity contribution in [2.75, 3.05) is 26.2 Å². The summed E-state index contributed by atoms with van der Waals surface area (Å²) in [6.45, 7) is 4.30. The highest BCUT2D eigenvalue weighted by Gasteiger charge is 2.26. The molecule has 1 N–H and O–H groups in total. The molecule has 1 saturated heterocycles. The molecule has 0 radical (unpaired) electrons. The Balaban J connectivity index is 1.33. The van der Waals surface area contributed by atoms with Gasteiger partial charge in [-0.1, -0.05) is 66.2 Å². The van der Waals surface area contributed by atoms with Gasteiger partial charge in [0.1, 0.15) is 6.61 Å². The fourth-order valence-electron chi connectivity index (χ4n) is 4.02. The molecule has 2 unspecified atom stereocenters. The molecule has 0 spiro atoms. The van der Waals surface area contributed by atoms with Crippen LogP contribution in [-0.2, 0) is 16.0 Å².